The fourth-order valence-electron chi connectivity index (χ4n) is 1.35. The van der Waals surface area contributed by atoms with Gasteiger partial charge in [0.05, 0.1) is 10.6 Å². The molecule has 2 rings (SSSR count). The number of halogens is 1. The Labute approximate surface area is 122 Å². The summed E-state index contributed by atoms with van der Waals surface area (Å²) in [6.07, 6.45) is 1.41. The van der Waals surface area contributed by atoms with E-state index in [1.807, 2.05) is 0 Å². The minimum atomic E-state index is -0.682. The van der Waals surface area contributed by atoms with Gasteiger partial charge < -0.3 is 15.3 Å². The van der Waals surface area contributed by atoms with E-state index in [1.165, 1.54) is 17.6 Å². The number of hydrogen-bond donors (Lipinski definition) is 4. The standard InChI is InChI=1S/C12H9ClN2O4S/c13-10-2-1-7(20-10)5-14-15-12(19)6-3-8(16)11(18)9(17)4-6/h1-5,16-18H,(H,15,19)/b14-5+. The summed E-state index contributed by atoms with van der Waals surface area (Å²) >= 11 is 7.03. The summed E-state index contributed by atoms with van der Waals surface area (Å²) in [5.41, 5.74) is 2.18. The van der Waals surface area contributed by atoms with E-state index in [-0.39, 0.29) is 5.56 Å². The molecule has 0 saturated heterocycles. The molecule has 0 bridgehead atoms. The Morgan fingerprint density at radius 3 is 2.45 bits per heavy atom. The van der Waals surface area contributed by atoms with E-state index in [1.54, 1.807) is 12.1 Å². The lowest BCUT2D eigenvalue weighted by Crippen LogP contribution is -2.17. The zero-order valence-electron chi connectivity index (χ0n) is 9.87. The maximum Gasteiger partial charge on any atom is 0.271 e. The van der Waals surface area contributed by atoms with E-state index in [4.69, 9.17) is 16.7 Å². The Morgan fingerprint density at radius 2 is 1.90 bits per heavy atom. The van der Waals surface area contributed by atoms with E-state index >= 15 is 0 Å². The predicted molar refractivity (Wildman–Crippen MR) is 75.8 cm³/mol. The van der Waals surface area contributed by atoms with Crippen LogP contribution >= 0.6 is 22.9 Å². The van der Waals surface area contributed by atoms with Crippen molar-refractivity contribution in [1.29, 1.82) is 0 Å². The van der Waals surface area contributed by atoms with Crippen LogP contribution < -0.4 is 5.43 Å². The fourth-order valence-corrected chi connectivity index (χ4v) is 2.29. The van der Waals surface area contributed by atoms with Crippen molar-refractivity contribution in [1.82, 2.24) is 5.43 Å². The van der Waals surface area contributed by atoms with E-state index in [0.29, 0.717) is 4.34 Å². The molecule has 0 aliphatic carbocycles. The minimum Gasteiger partial charge on any atom is -0.504 e. The molecule has 20 heavy (non-hydrogen) atoms. The number of phenols is 3. The molecule has 6 nitrogen and oxygen atoms in total. The van der Waals surface area contributed by atoms with Crippen LogP contribution in [0.1, 0.15) is 15.2 Å². The molecule has 0 aliphatic heterocycles. The smallest absolute Gasteiger partial charge is 0.271 e. The molecule has 0 atom stereocenters. The SMILES string of the molecule is O=C(N/N=C/c1ccc(Cl)s1)c1cc(O)c(O)c(O)c1. The van der Waals surface area contributed by atoms with Crippen LogP contribution in [0.5, 0.6) is 17.2 Å². The highest BCUT2D eigenvalue weighted by atomic mass is 35.5. The molecule has 4 N–H and O–H groups in total. The Morgan fingerprint density at radius 1 is 1.25 bits per heavy atom. The van der Waals surface area contributed by atoms with Crippen LogP contribution in [-0.2, 0) is 0 Å². The van der Waals surface area contributed by atoms with Gasteiger partial charge in [-0.1, -0.05) is 11.6 Å². The van der Waals surface area contributed by atoms with Gasteiger partial charge in [-0.15, -0.1) is 11.3 Å². The number of thiophene rings is 1. The summed E-state index contributed by atoms with van der Waals surface area (Å²) in [6, 6.07) is 5.47. The number of amides is 1. The molecule has 0 spiro atoms. The first-order chi connectivity index (χ1) is 9.47. The average molecular weight is 313 g/mol. The van der Waals surface area contributed by atoms with Crippen molar-refractivity contribution in [3.05, 3.63) is 39.0 Å². The number of rotatable bonds is 3. The molecule has 0 saturated carbocycles. The second kappa shape index (κ2) is 5.81. The first kappa shape index (κ1) is 14.2. The molecule has 1 aromatic heterocycles. The zero-order valence-corrected chi connectivity index (χ0v) is 11.4. The summed E-state index contributed by atoms with van der Waals surface area (Å²) < 4.78 is 0.603. The first-order valence-corrected chi connectivity index (χ1v) is 6.50. The van der Waals surface area contributed by atoms with Crippen LogP contribution in [-0.4, -0.2) is 27.4 Å². The molecule has 1 amide bonds. The normalized spacial score (nSPS) is 10.8. The van der Waals surface area contributed by atoms with Crippen molar-refractivity contribution in [2.75, 3.05) is 0 Å². The van der Waals surface area contributed by atoms with E-state index < -0.39 is 23.2 Å². The summed E-state index contributed by atoms with van der Waals surface area (Å²) in [5.74, 6) is -2.51. The van der Waals surface area contributed by atoms with Gasteiger partial charge in [0.1, 0.15) is 0 Å². The number of carbonyl (C=O) groups excluding carboxylic acids is 1. The van der Waals surface area contributed by atoms with Crippen LogP contribution in [0, 0.1) is 0 Å². The topological polar surface area (TPSA) is 102 Å². The third-order valence-corrected chi connectivity index (χ3v) is 3.45. The quantitative estimate of drug-likeness (QED) is 0.396. The van der Waals surface area contributed by atoms with Gasteiger partial charge in [0.15, 0.2) is 17.2 Å². The Bertz CT molecular complexity index is 661. The van der Waals surface area contributed by atoms with Gasteiger partial charge in [-0.3, -0.25) is 4.79 Å². The number of nitrogens with one attached hydrogen (secondary N) is 1. The molecule has 1 aromatic carbocycles. The number of benzene rings is 1. The van der Waals surface area contributed by atoms with Gasteiger partial charge in [0.25, 0.3) is 5.91 Å². The molecule has 1 heterocycles. The number of aromatic hydroxyl groups is 3. The maximum absolute atomic E-state index is 11.7. The van der Waals surface area contributed by atoms with E-state index in [2.05, 4.69) is 10.5 Å². The van der Waals surface area contributed by atoms with Crippen LogP contribution in [0.3, 0.4) is 0 Å². The molecule has 104 valence electrons. The largest absolute Gasteiger partial charge is 0.504 e. The maximum atomic E-state index is 11.7. The van der Waals surface area contributed by atoms with Crippen LogP contribution in [0.4, 0.5) is 0 Å². The van der Waals surface area contributed by atoms with Gasteiger partial charge in [0.2, 0.25) is 0 Å². The average Bonchev–Trinajstić information content (AvgIpc) is 2.81. The predicted octanol–water partition coefficient (Wildman–Crippen LogP) is 2.28. The zero-order chi connectivity index (χ0) is 14.7. The molecule has 8 heteroatoms. The molecule has 0 unspecified atom stereocenters. The number of hydrazone groups is 1. The highest BCUT2D eigenvalue weighted by Gasteiger charge is 2.12. The lowest BCUT2D eigenvalue weighted by atomic mass is 10.2. The monoisotopic (exact) mass is 312 g/mol. The lowest BCUT2D eigenvalue weighted by molar-refractivity contribution is 0.0954. The summed E-state index contributed by atoms with van der Waals surface area (Å²) in [4.78, 5) is 12.5. The fraction of sp³-hybridized carbons (Fsp3) is 0. The summed E-state index contributed by atoms with van der Waals surface area (Å²) in [5, 5.41) is 31.5. The van der Waals surface area contributed by atoms with E-state index in [0.717, 1.165) is 17.0 Å². The number of hydrogen-bond acceptors (Lipinski definition) is 6. The number of nitrogens with zero attached hydrogens (tertiary/aromatic N) is 1. The van der Waals surface area contributed by atoms with Gasteiger partial charge in [-0.05, 0) is 24.3 Å². The van der Waals surface area contributed by atoms with Crippen molar-refractivity contribution >= 4 is 35.1 Å². The van der Waals surface area contributed by atoms with Gasteiger partial charge in [-0.25, -0.2) is 5.43 Å². The Balaban J connectivity index is 2.07. The molecule has 0 aliphatic rings. The van der Waals surface area contributed by atoms with Crippen molar-refractivity contribution in [3.8, 4) is 17.2 Å². The molecule has 0 radical (unpaired) electrons. The summed E-state index contributed by atoms with van der Waals surface area (Å²) in [6.45, 7) is 0. The van der Waals surface area contributed by atoms with Crippen LogP contribution in [0.25, 0.3) is 0 Å². The second-order valence-electron chi connectivity index (χ2n) is 3.70. The molecular weight excluding hydrogens is 304 g/mol. The minimum absolute atomic E-state index is 0.0424. The molecule has 2 aromatic rings. The van der Waals surface area contributed by atoms with Crippen molar-refractivity contribution in [2.45, 2.75) is 0 Å². The summed E-state index contributed by atoms with van der Waals surface area (Å²) in [7, 11) is 0. The Hall–Kier alpha value is -2.25. The van der Waals surface area contributed by atoms with E-state index in [9.17, 15) is 15.0 Å². The van der Waals surface area contributed by atoms with Crippen LogP contribution in [0.2, 0.25) is 4.34 Å². The third kappa shape index (κ3) is 3.19. The second-order valence-corrected chi connectivity index (χ2v) is 5.45. The lowest BCUT2D eigenvalue weighted by Gasteiger charge is -2.04. The highest BCUT2D eigenvalue weighted by molar-refractivity contribution is 7.17. The third-order valence-electron chi connectivity index (χ3n) is 2.28. The number of carbonyl (C=O) groups is 1. The van der Waals surface area contributed by atoms with Gasteiger partial charge in [0, 0.05) is 10.4 Å². The van der Waals surface area contributed by atoms with Crippen molar-refractivity contribution < 1.29 is 20.1 Å². The highest BCUT2D eigenvalue weighted by Crippen LogP contribution is 2.35. The number of phenolic OH excluding ortho intramolecular Hbond substituents is 3. The van der Waals surface area contributed by atoms with Crippen molar-refractivity contribution in [3.63, 3.8) is 0 Å². The van der Waals surface area contributed by atoms with Crippen LogP contribution in [0.15, 0.2) is 29.4 Å². The molecular formula is C12H9ClN2O4S. The molecule has 0 fully saturated rings. The van der Waals surface area contributed by atoms with Gasteiger partial charge in [-0.2, -0.15) is 5.10 Å². The first-order valence-electron chi connectivity index (χ1n) is 5.31. The Kier molecular flexibility index (Phi) is 4.11. The van der Waals surface area contributed by atoms with Crippen molar-refractivity contribution in [2.24, 2.45) is 5.10 Å². The van der Waals surface area contributed by atoms with Gasteiger partial charge >= 0.3 is 0 Å².